The second-order valence-corrected chi connectivity index (χ2v) is 4.06. The number of halogens is 1. The average molecular weight is 228 g/mol. The van der Waals surface area contributed by atoms with Gasteiger partial charge in [-0.05, 0) is 30.9 Å². The van der Waals surface area contributed by atoms with Gasteiger partial charge in [-0.25, -0.2) is 0 Å². The predicted octanol–water partition coefficient (Wildman–Crippen LogP) is 3.04. The predicted molar refractivity (Wildman–Crippen MR) is 56.3 cm³/mol. The summed E-state index contributed by atoms with van der Waals surface area (Å²) in [5.41, 5.74) is -0.0665. The Morgan fingerprint density at radius 2 is 2.27 bits per heavy atom. The molecule has 4 nitrogen and oxygen atoms in total. The molecule has 0 atom stereocenters. The molecule has 0 bridgehead atoms. The Morgan fingerprint density at radius 1 is 1.53 bits per heavy atom. The third-order valence-corrected chi connectivity index (χ3v) is 2.52. The fourth-order valence-electron chi connectivity index (χ4n) is 1.25. The number of nitro benzene ring substituents is 1. The monoisotopic (exact) mass is 227 g/mol. The van der Waals surface area contributed by atoms with Crippen LogP contribution in [0.15, 0.2) is 18.2 Å². The van der Waals surface area contributed by atoms with Gasteiger partial charge in [-0.3, -0.25) is 10.1 Å². The lowest BCUT2D eigenvalue weighted by atomic mass is 10.3. The summed E-state index contributed by atoms with van der Waals surface area (Å²) < 4.78 is 5.38. The highest BCUT2D eigenvalue weighted by Crippen LogP contribution is 2.33. The normalized spacial score (nSPS) is 15.0. The standard InChI is InChI=1S/C10H10ClNO3/c11-8-3-4-10(9(5-8)12(13)14)15-6-7-1-2-7/h3-5,7H,1-2,6H2. The van der Waals surface area contributed by atoms with Crippen molar-refractivity contribution in [3.05, 3.63) is 33.3 Å². The summed E-state index contributed by atoms with van der Waals surface area (Å²) in [5.74, 6) is 0.872. The molecule has 15 heavy (non-hydrogen) atoms. The van der Waals surface area contributed by atoms with Crippen LogP contribution in [0.2, 0.25) is 5.02 Å². The van der Waals surface area contributed by atoms with Crippen LogP contribution < -0.4 is 4.74 Å². The average Bonchev–Trinajstić information content (AvgIpc) is 2.99. The first-order valence-electron chi connectivity index (χ1n) is 4.73. The summed E-state index contributed by atoms with van der Waals surface area (Å²) in [7, 11) is 0. The highest BCUT2D eigenvalue weighted by Gasteiger charge is 2.24. The molecule has 1 fully saturated rings. The second kappa shape index (κ2) is 4.06. The first-order chi connectivity index (χ1) is 7.16. The maximum atomic E-state index is 10.7. The lowest BCUT2D eigenvalue weighted by Gasteiger charge is -2.05. The van der Waals surface area contributed by atoms with Crippen LogP contribution in [0.5, 0.6) is 5.75 Å². The fraction of sp³-hybridized carbons (Fsp3) is 0.400. The summed E-state index contributed by atoms with van der Waals surface area (Å²) in [6.45, 7) is 0.558. The molecule has 1 saturated carbocycles. The number of ether oxygens (including phenoxy) is 1. The van der Waals surface area contributed by atoms with Crippen molar-refractivity contribution < 1.29 is 9.66 Å². The Balaban J connectivity index is 2.15. The van der Waals surface area contributed by atoms with E-state index in [9.17, 15) is 10.1 Å². The molecule has 1 aromatic rings. The van der Waals surface area contributed by atoms with Crippen molar-refractivity contribution >= 4 is 17.3 Å². The molecule has 0 N–H and O–H groups in total. The number of rotatable bonds is 4. The zero-order chi connectivity index (χ0) is 10.8. The van der Waals surface area contributed by atoms with E-state index in [2.05, 4.69) is 0 Å². The molecule has 5 heteroatoms. The fourth-order valence-corrected chi connectivity index (χ4v) is 1.41. The van der Waals surface area contributed by atoms with Crippen molar-refractivity contribution in [3.8, 4) is 5.75 Å². The number of nitro groups is 1. The Hall–Kier alpha value is -1.29. The first-order valence-corrected chi connectivity index (χ1v) is 5.11. The molecule has 1 aromatic carbocycles. The highest BCUT2D eigenvalue weighted by atomic mass is 35.5. The van der Waals surface area contributed by atoms with Gasteiger partial charge in [0.25, 0.3) is 0 Å². The lowest BCUT2D eigenvalue weighted by Crippen LogP contribution is -2.01. The number of hydrogen-bond donors (Lipinski definition) is 0. The van der Waals surface area contributed by atoms with Gasteiger partial charge >= 0.3 is 5.69 Å². The molecule has 0 spiro atoms. The minimum absolute atomic E-state index is 0.0665. The Morgan fingerprint density at radius 3 is 2.87 bits per heavy atom. The van der Waals surface area contributed by atoms with Gasteiger partial charge in [0.15, 0.2) is 5.75 Å². The minimum atomic E-state index is -0.478. The quantitative estimate of drug-likeness (QED) is 0.587. The van der Waals surface area contributed by atoms with E-state index in [-0.39, 0.29) is 5.69 Å². The molecule has 0 radical (unpaired) electrons. The SMILES string of the molecule is O=[N+]([O-])c1cc(Cl)ccc1OCC1CC1. The Kier molecular flexibility index (Phi) is 2.77. The zero-order valence-corrected chi connectivity index (χ0v) is 8.74. The topological polar surface area (TPSA) is 52.4 Å². The van der Waals surface area contributed by atoms with Gasteiger partial charge in [0.2, 0.25) is 0 Å². The van der Waals surface area contributed by atoms with Crippen molar-refractivity contribution in [2.24, 2.45) is 5.92 Å². The van der Waals surface area contributed by atoms with Gasteiger partial charge in [-0.15, -0.1) is 0 Å². The number of benzene rings is 1. The molecule has 0 aromatic heterocycles. The number of nitrogens with zero attached hydrogens (tertiary/aromatic N) is 1. The molecule has 2 rings (SSSR count). The van der Waals surface area contributed by atoms with Gasteiger partial charge in [-0.1, -0.05) is 11.6 Å². The van der Waals surface area contributed by atoms with Crippen LogP contribution in [0.3, 0.4) is 0 Å². The van der Waals surface area contributed by atoms with Crippen LogP contribution in [0.25, 0.3) is 0 Å². The molecule has 0 aliphatic heterocycles. The van der Waals surface area contributed by atoms with Gasteiger partial charge in [0.1, 0.15) is 0 Å². The maximum absolute atomic E-state index is 10.7. The molecule has 1 aliphatic rings. The van der Waals surface area contributed by atoms with Crippen LogP contribution in [-0.4, -0.2) is 11.5 Å². The summed E-state index contributed by atoms with van der Waals surface area (Å²) in [6, 6.07) is 4.45. The van der Waals surface area contributed by atoms with Crippen LogP contribution in [0, 0.1) is 16.0 Å². The van der Waals surface area contributed by atoms with Crippen molar-refractivity contribution in [3.63, 3.8) is 0 Å². The Bertz CT molecular complexity index is 390. The van der Waals surface area contributed by atoms with Crippen molar-refractivity contribution in [2.75, 3.05) is 6.61 Å². The molecular formula is C10H10ClNO3. The van der Waals surface area contributed by atoms with Gasteiger partial charge in [0, 0.05) is 11.1 Å². The van der Waals surface area contributed by atoms with E-state index in [0.29, 0.717) is 23.3 Å². The van der Waals surface area contributed by atoms with E-state index in [4.69, 9.17) is 16.3 Å². The van der Waals surface area contributed by atoms with E-state index < -0.39 is 4.92 Å². The smallest absolute Gasteiger partial charge is 0.312 e. The largest absolute Gasteiger partial charge is 0.487 e. The van der Waals surface area contributed by atoms with Gasteiger partial charge in [-0.2, -0.15) is 0 Å². The summed E-state index contributed by atoms with van der Waals surface area (Å²) in [5, 5.41) is 11.0. The highest BCUT2D eigenvalue weighted by molar-refractivity contribution is 6.30. The van der Waals surface area contributed by atoms with E-state index >= 15 is 0 Å². The van der Waals surface area contributed by atoms with E-state index in [1.165, 1.54) is 6.07 Å². The molecule has 0 heterocycles. The first kappa shape index (κ1) is 10.2. The molecular weight excluding hydrogens is 218 g/mol. The van der Waals surface area contributed by atoms with E-state index in [1.54, 1.807) is 12.1 Å². The zero-order valence-electron chi connectivity index (χ0n) is 7.98. The van der Waals surface area contributed by atoms with Crippen LogP contribution in [-0.2, 0) is 0 Å². The lowest BCUT2D eigenvalue weighted by molar-refractivity contribution is -0.385. The molecule has 1 aliphatic carbocycles. The molecule has 0 amide bonds. The summed E-state index contributed by atoms with van der Waals surface area (Å²) in [4.78, 5) is 10.2. The van der Waals surface area contributed by atoms with Crippen LogP contribution in [0.1, 0.15) is 12.8 Å². The van der Waals surface area contributed by atoms with E-state index in [1.807, 2.05) is 0 Å². The van der Waals surface area contributed by atoms with Gasteiger partial charge in [0.05, 0.1) is 11.5 Å². The number of hydrogen-bond acceptors (Lipinski definition) is 3. The van der Waals surface area contributed by atoms with Crippen molar-refractivity contribution in [1.29, 1.82) is 0 Å². The third kappa shape index (κ3) is 2.59. The van der Waals surface area contributed by atoms with Crippen LogP contribution >= 0.6 is 11.6 Å². The van der Waals surface area contributed by atoms with Crippen molar-refractivity contribution in [1.82, 2.24) is 0 Å². The second-order valence-electron chi connectivity index (χ2n) is 3.62. The van der Waals surface area contributed by atoms with E-state index in [0.717, 1.165) is 12.8 Å². The summed E-state index contributed by atoms with van der Waals surface area (Å²) in [6.07, 6.45) is 2.31. The minimum Gasteiger partial charge on any atom is -0.487 e. The van der Waals surface area contributed by atoms with Crippen molar-refractivity contribution in [2.45, 2.75) is 12.8 Å². The maximum Gasteiger partial charge on any atom is 0.312 e. The van der Waals surface area contributed by atoms with Gasteiger partial charge < -0.3 is 4.74 Å². The Labute approximate surface area is 92.0 Å². The van der Waals surface area contributed by atoms with Crippen LogP contribution in [0.4, 0.5) is 5.69 Å². The summed E-state index contributed by atoms with van der Waals surface area (Å²) >= 11 is 5.68. The molecule has 80 valence electrons. The molecule has 0 unspecified atom stereocenters. The molecule has 0 saturated heterocycles. The third-order valence-electron chi connectivity index (χ3n) is 2.29.